The van der Waals surface area contributed by atoms with Crippen LogP contribution >= 0.6 is 0 Å². The average Bonchev–Trinajstić information content (AvgIpc) is 3.23. The van der Waals surface area contributed by atoms with Gasteiger partial charge in [0.2, 0.25) is 5.91 Å². The molecule has 6 heteroatoms. The summed E-state index contributed by atoms with van der Waals surface area (Å²) >= 11 is 0. The molecule has 0 saturated carbocycles. The van der Waals surface area contributed by atoms with Crippen molar-refractivity contribution in [1.82, 2.24) is 9.55 Å². The van der Waals surface area contributed by atoms with Crippen LogP contribution in [0.5, 0.6) is 0 Å². The molecule has 1 aromatic heterocycles. The highest BCUT2D eigenvalue weighted by Crippen LogP contribution is 2.33. The third-order valence-corrected chi connectivity index (χ3v) is 5.17. The van der Waals surface area contributed by atoms with Crippen molar-refractivity contribution in [3.8, 4) is 0 Å². The number of ether oxygens (including phenoxy) is 1. The number of imidazole rings is 1. The van der Waals surface area contributed by atoms with Crippen LogP contribution in [0.4, 0.5) is 5.69 Å². The zero-order valence-corrected chi connectivity index (χ0v) is 17.0. The number of fused-ring (bicyclic) bond motifs is 1. The predicted molar refractivity (Wildman–Crippen MR) is 112 cm³/mol. The third-order valence-electron chi connectivity index (χ3n) is 5.17. The van der Waals surface area contributed by atoms with Crippen molar-refractivity contribution in [1.29, 1.82) is 0 Å². The van der Waals surface area contributed by atoms with Gasteiger partial charge in [-0.2, -0.15) is 0 Å². The molecule has 0 aliphatic carbocycles. The Bertz CT molecular complexity index is 1050. The standard InChI is InChI=1S/C23H25N3O3/c1-15(2)29-22(28)14-26-20-7-5-4-6-19(20)24-23(26)17-12-21(27)25(13-17)18-10-8-16(3)9-11-18/h4-11,15,17H,12-14H2,1-3H3/t17-/m1/s1. The van der Waals surface area contributed by atoms with Crippen molar-refractivity contribution < 1.29 is 14.3 Å². The molecule has 2 aromatic carbocycles. The molecule has 4 rings (SSSR count). The van der Waals surface area contributed by atoms with Gasteiger partial charge < -0.3 is 14.2 Å². The Morgan fingerprint density at radius 3 is 2.62 bits per heavy atom. The Hall–Kier alpha value is -3.15. The van der Waals surface area contributed by atoms with E-state index < -0.39 is 0 Å². The number of carbonyl (C=O) groups is 2. The molecule has 0 unspecified atom stereocenters. The van der Waals surface area contributed by atoms with Crippen LogP contribution in [0.15, 0.2) is 48.5 Å². The predicted octanol–water partition coefficient (Wildman–Crippen LogP) is 3.82. The number of hydrogen-bond donors (Lipinski definition) is 0. The first-order valence-electron chi connectivity index (χ1n) is 9.94. The molecule has 1 atom stereocenters. The monoisotopic (exact) mass is 391 g/mol. The molecule has 1 amide bonds. The Balaban J connectivity index is 1.66. The van der Waals surface area contributed by atoms with Crippen LogP contribution in [0, 0.1) is 6.92 Å². The molecule has 150 valence electrons. The van der Waals surface area contributed by atoms with Gasteiger partial charge in [0, 0.05) is 24.6 Å². The highest BCUT2D eigenvalue weighted by molar-refractivity contribution is 5.96. The summed E-state index contributed by atoms with van der Waals surface area (Å²) < 4.78 is 7.25. The van der Waals surface area contributed by atoms with Crippen LogP contribution in [0.2, 0.25) is 0 Å². The van der Waals surface area contributed by atoms with Crippen LogP contribution in [0.3, 0.4) is 0 Å². The SMILES string of the molecule is Cc1ccc(N2C[C@H](c3nc4ccccc4n3CC(=O)OC(C)C)CC2=O)cc1. The van der Waals surface area contributed by atoms with Gasteiger partial charge in [0.15, 0.2) is 0 Å². The number of anilines is 1. The first kappa shape index (κ1) is 19.2. The number of esters is 1. The molecule has 1 aliphatic heterocycles. The number of aromatic nitrogens is 2. The van der Waals surface area contributed by atoms with Crippen molar-refractivity contribution in [3.05, 3.63) is 59.9 Å². The molecule has 0 N–H and O–H groups in total. The van der Waals surface area contributed by atoms with Crippen molar-refractivity contribution in [2.24, 2.45) is 0 Å². The van der Waals surface area contributed by atoms with E-state index in [1.54, 1.807) is 4.90 Å². The maximum atomic E-state index is 12.7. The molecule has 0 bridgehead atoms. The van der Waals surface area contributed by atoms with E-state index in [4.69, 9.17) is 9.72 Å². The molecule has 1 aliphatic rings. The number of rotatable bonds is 5. The molecule has 0 spiro atoms. The molecule has 2 heterocycles. The van der Waals surface area contributed by atoms with Gasteiger partial charge in [-0.15, -0.1) is 0 Å². The van der Waals surface area contributed by atoms with E-state index in [1.807, 2.05) is 73.9 Å². The minimum Gasteiger partial charge on any atom is -0.462 e. The number of aryl methyl sites for hydroxylation is 1. The summed E-state index contributed by atoms with van der Waals surface area (Å²) in [6, 6.07) is 15.7. The number of benzene rings is 2. The van der Waals surface area contributed by atoms with E-state index >= 15 is 0 Å². The summed E-state index contributed by atoms with van der Waals surface area (Å²) in [6.45, 7) is 6.32. The lowest BCUT2D eigenvalue weighted by Crippen LogP contribution is -2.25. The normalized spacial score (nSPS) is 16.8. The van der Waals surface area contributed by atoms with Gasteiger partial charge in [-0.25, -0.2) is 4.98 Å². The number of para-hydroxylation sites is 2. The quantitative estimate of drug-likeness (QED) is 0.620. The maximum absolute atomic E-state index is 12.7. The van der Waals surface area contributed by atoms with E-state index in [0.29, 0.717) is 13.0 Å². The average molecular weight is 391 g/mol. The Labute approximate surface area is 170 Å². The van der Waals surface area contributed by atoms with Crippen LogP contribution in [-0.2, 0) is 20.9 Å². The Morgan fingerprint density at radius 2 is 1.90 bits per heavy atom. The first-order chi connectivity index (χ1) is 13.9. The van der Waals surface area contributed by atoms with Gasteiger partial charge in [-0.1, -0.05) is 29.8 Å². The number of amides is 1. The van der Waals surface area contributed by atoms with Crippen LogP contribution in [-0.4, -0.2) is 34.1 Å². The molecule has 0 radical (unpaired) electrons. The van der Waals surface area contributed by atoms with Gasteiger partial charge in [0.1, 0.15) is 12.4 Å². The second-order valence-electron chi connectivity index (χ2n) is 7.82. The van der Waals surface area contributed by atoms with Crippen molar-refractivity contribution in [3.63, 3.8) is 0 Å². The van der Waals surface area contributed by atoms with Gasteiger partial charge in [-0.3, -0.25) is 9.59 Å². The summed E-state index contributed by atoms with van der Waals surface area (Å²) in [6.07, 6.45) is 0.196. The molecule has 1 fully saturated rings. The largest absolute Gasteiger partial charge is 0.462 e. The van der Waals surface area contributed by atoms with Crippen molar-refractivity contribution in [2.45, 2.75) is 45.8 Å². The van der Waals surface area contributed by atoms with Crippen LogP contribution in [0.1, 0.15) is 37.6 Å². The Morgan fingerprint density at radius 1 is 1.17 bits per heavy atom. The van der Waals surface area contributed by atoms with E-state index in [0.717, 1.165) is 28.1 Å². The lowest BCUT2D eigenvalue weighted by molar-refractivity contribution is -0.148. The van der Waals surface area contributed by atoms with Crippen LogP contribution < -0.4 is 4.90 Å². The molecular weight excluding hydrogens is 366 g/mol. The molecule has 6 nitrogen and oxygen atoms in total. The zero-order chi connectivity index (χ0) is 20.5. The summed E-state index contributed by atoms with van der Waals surface area (Å²) in [4.78, 5) is 31.7. The van der Waals surface area contributed by atoms with Gasteiger partial charge in [-0.05, 0) is 45.0 Å². The maximum Gasteiger partial charge on any atom is 0.326 e. The summed E-state index contributed by atoms with van der Waals surface area (Å²) in [5.41, 5.74) is 3.75. The van der Waals surface area contributed by atoms with Crippen LogP contribution in [0.25, 0.3) is 11.0 Å². The first-order valence-corrected chi connectivity index (χ1v) is 9.94. The van der Waals surface area contributed by atoms with Crippen molar-refractivity contribution in [2.75, 3.05) is 11.4 Å². The lowest BCUT2D eigenvalue weighted by atomic mass is 10.1. The minimum absolute atomic E-state index is 0.0715. The molecule has 1 saturated heterocycles. The van der Waals surface area contributed by atoms with Gasteiger partial charge in [0.05, 0.1) is 17.1 Å². The topological polar surface area (TPSA) is 64.4 Å². The lowest BCUT2D eigenvalue weighted by Gasteiger charge is -2.17. The summed E-state index contributed by atoms with van der Waals surface area (Å²) in [5.74, 6) is 0.448. The molecule has 3 aromatic rings. The van der Waals surface area contributed by atoms with Crippen molar-refractivity contribution >= 4 is 28.6 Å². The van der Waals surface area contributed by atoms with E-state index in [2.05, 4.69) is 0 Å². The Kier molecular flexibility index (Phi) is 5.09. The summed E-state index contributed by atoms with van der Waals surface area (Å²) in [5, 5.41) is 0. The zero-order valence-electron chi connectivity index (χ0n) is 17.0. The third kappa shape index (κ3) is 3.88. The van der Waals surface area contributed by atoms with Gasteiger partial charge in [0.25, 0.3) is 0 Å². The highest BCUT2D eigenvalue weighted by atomic mass is 16.5. The van der Waals surface area contributed by atoms with E-state index in [-0.39, 0.29) is 30.4 Å². The highest BCUT2D eigenvalue weighted by Gasteiger charge is 2.35. The molecule has 29 heavy (non-hydrogen) atoms. The van der Waals surface area contributed by atoms with E-state index in [9.17, 15) is 9.59 Å². The fourth-order valence-corrected chi connectivity index (χ4v) is 3.86. The molecular formula is C23H25N3O3. The smallest absolute Gasteiger partial charge is 0.326 e. The second-order valence-corrected chi connectivity index (χ2v) is 7.82. The van der Waals surface area contributed by atoms with Gasteiger partial charge >= 0.3 is 5.97 Å². The number of hydrogen-bond acceptors (Lipinski definition) is 4. The number of carbonyl (C=O) groups excluding carboxylic acids is 2. The number of nitrogens with zero attached hydrogens (tertiary/aromatic N) is 3. The second kappa shape index (κ2) is 7.70. The van der Waals surface area contributed by atoms with E-state index in [1.165, 1.54) is 0 Å². The fourth-order valence-electron chi connectivity index (χ4n) is 3.86. The summed E-state index contributed by atoms with van der Waals surface area (Å²) in [7, 11) is 0. The fraction of sp³-hybridized carbons (Fsp3) is 0.348. The minimum atomic E-state index is -0.302.